The Kier molecular flexibility index (Phi) is 5.32. The van der Waals surface area contributed by atoms with Gasteiger partial charge in [0.1, 0.15) is 0 Å². The van der Waals surface area contributed by atoms with E-state index in [1.165, 1.54) is 18.2 Å². The molecule has 24 heavy (non-hydrogen) atoms. The van der Waals surface area contributed by atoms with Crippen LogP contribution in [-0.2, 0) is 16.6 Å². The molecular formula is C16H18N4O3S. The van der Waals surface area contributed by atoms with Gasteiger partial charge in [0.2, 0.25) is 10.0 Å². The van der Waals surface area contributed by atoms with E-state index in [4.69, 9.17) is 11.5 Å². The van der Waals surface area contributed by atoms with Gasteiger partial charge >= 0.3 is 0 Å². The highest BCUT2D eigenvalue weighted by Crippen LogP contribution is 2.17. The molecule has 0 fully saturated rings. The molecule has 126 valence electrons. The Hall–Kier alpha value is -2.71. The molecule has 0 saturated carbocycles. The number of rotatable bonds is 5. The van der Waals surface area contributed by atoms with Crippen molar-refractivity contribution in [1.82, 2.24) is 4.72 Å². The monoisotopic (exact) mass is 346 g/mol. The van der Waals surface area contributed by atoms with E-state index in [1.54, 1.807) is 6.92 Å². The van der Waals surface area contributed by atoms with E-state index in [-0.39, 0.29) is 23.0 Å². The third-order valence-corrected chi connectivity index (χ3v) is 4.69. The van der Waals surface area contributed by atoms with Crippen LogP contribution in [-0.4, -0.2) is 20.3 Å². The normalized spacial score (nSPS) is 11.0. The number of nitrogens with two attached hydrogens (primary N) is 2. The zero-order valence-corrected chi connectivity index (χ0v) is 13.9. The van der Waals surface area contributed by atoms with Crippen molar-refractivity contribution >= 4 is 21.9 Å². The number of sulfonamides is 1. The summed E-state index contributed by atoms with van der Waals surface area (Å²) in [5.41, 5.74) is 11.9. The summed E-state index contributed by atoms with van der Waals surface area (Å²) in [5, 5.41) is 0. The molecule has 2 aromatic carbocycles. The number of guanidine groups is 1. The van der Waals surface area contributed by atoms with Crippen LogP contribution in [0.25, 0.3) is 0 Å². The average molecular weight is 346 g/mol. The summed E-state index contributed by atoms with van der Waals surface area (Å²) in [4.78, 5) is 15.4. The van der Waals surface area contributed by atoms with Crippen molar-refractivity contribution in [1.29, 1.82) is 0 Å². The topological polar surface area (TPSA) is 128 Å². The molecule has 8 heteroatoms. The third kappa shape index (κ3) is 4.40. The lowest BCUT2D eigenvalue weighted by atomic mass is 10.1. The maximum absolute atomic E-state index is 12.4. The van der Waals surface area contributed by atoms with Gasteiger partial charge in [-0.2, -0.15) is 4.99 Å². The molecule has 0 unspecified atom stereocenters. The Morgan fingerprint density at radius 2 is 1.79 bits per heavy atom. The zero-order chi connectivity index (χ0) is 17.7. The Balaban J connectivity index is 2.27. The number of carbonyl (C=O) groups excluding carboxylic acids is 1. The lowest BCUT2D eigenvalue weighted by Crippen LogP contribution is -2.25. The second kappa shape index (κ2) is 7.24. The molecule has 0 aliphatic rings. The number of aryl methyl sites for hydroxylation is 1. The number of amides is 1. The van der Waals surface area contributed by atoms with Crippen molar-refractivity contribution in [3.63, 3.8) is 0 Å². The molecule has 0 spiro atoms. The minimum Gasteiger partial charge on any atom is -0.370 e. The van der Waals surface area contributed by atoms with Crippen molar-refractivity contribution in [2.45, 2.75) is 18.4 Å². The number of aliphatic imine (C=N–C) groups is 1. The lowest BCUT2D eigenvalue weighted by molar-refractivity contribution is 0.100. The summed E-state index contributed by atoms with van der Waals surface area (Å²) < 4.78 is 27.3. The zero-order valence-electron chi connectivity index (χ0n) is 13.1. The van der Waals surface area contributed by atoms with Crippen molar-refractivity contribution < 1.29 is 13.2 Å². The first-order valence-corrected chi connectivity index (χ1v) is 8.56. The van der Waals surface area contributed by atoms with Crippen LogP contribution in [0.2, 0.25) is 0 Å². The summed E-state index contributed by atoms with van der Waals surface area (Å²) in [7, 11) is -3.77. The molecule has 0 aliphatic carbocycles. The smallest absolute Gasteiger partial charge is 0.280 e. The van der Waals surface area contributed by atoms with Gasteiger partial charge in [0.25, 0.3) is 5.91 Å². The van der Waals surface area contributed by atoms with Crippen LogP contribution in [0.4, 0.5) is 0 Å². The standard InChI is InChI=1S/C16H18N4O3S/c1-11-7-8-13(9-14(11)15(21)20-16(17)18)24(22,23)19-10-12-5-3-2-4-6-12/h2-9,19H,10H2,1H3,(H4,17,18,20,21). The van der Waals surface area contributed by atoms with Crippen molar-refractivity contribution in [3.05, 3.63) is 65.2 Å². The first kappa shape index (κ1) is 17.6. The Labute approximate surface area is 140 Å². The second-order valence-electron chi connectivity index (χ2n) is 5.13. The molecule has 2 rings (SSSR count). The minimum atomic E-state index is -3.77. The molecule has 2 aromatic rings. The van der Waals surface area contributed by atoms with E-state index in [1.807, 2.05) is 30.3 Å². The summed E-state index contributed by atoms with van der Waals surface area (Å²) in [6, 6.07) is 13.3. The van der Waals surface area contributed by atoms with Crippen LogP contribution in [0.3, 0.4) is 0 Å². The highest BCUT2D eigenvalue weighted by atomic mass is 32.2. The van der Waals surface area contributed by atoms with E-state index in [2.05, 4.69) is 9.71 Å². The van der Waals surface area contributed by atoms with Gasteiger partial charge in [0.05, 0.1) is 4.90 Å². The van der Waals surface area contributed by atoms with Gasteiger partial charge in [-0.15, -0.1) is 0 Å². The van der Waals surface area contributed by atoms with Crippen LogP contribution in [0.5, 0.6) is 0 Å². The summed E-state index contributed by atoms with van der Waals surface area (Å²) in [6.07, 6.45) is 0. The molecule has 0 atom stereocenters. The lowest BCUT2D eigenvalue weighted by Gasteiger charge is -2.09. The van der Waals surface area contributed by atoms with Crippen LogP contribution < -0.4 is 16.2 Å². The number of carbonyl (C=O) groups is 1. The number of benzene rings is 2. The SMILES string of the molecule is Cc1ccc(S(=O)(=O)NCc2ccccc2)cc1C(=O)N=C(N)N. The maximum atomic E-state index is 12.4. The molecule has 7 nitrogen and oxygen atoms in total. The van der Waals surface area contributed by atoms with E-state index < -0.39 is 15.9 Å². The van der Waals surface area contributed by atoms with Gasteiger partial charge < -0.3 is 11.5 Å². The molecule has 0 aliphatic heterocycles. The highest BCUT2D eigenvalue weighted by Gasteiger charge is 2.17. The largest absolute Gasteiger partial charge is 0.370 e. The van der Waals surface area contributed by atoms with Crippen molar-refractivity contribution in [2.24, 2.45) is 16.5 Å². The van der Waals surface area contributed by atoms with Crippen molar-refractivity contribution in [3.8, 4) is 0 Å². The Morgan fingerprint density at radius 1 is 1.12 bits per heavy atom. The molecule has 0 heterocycles. The van der Waals surface area contributed by atoms with Gasteiger partial charge in [0, 0.05) is 12.1 Å². The fraction of sp³-hybridized carbons (Fsp3) is 0.125. The summed E-state index contributed by atoms with van der Waals surface area (Å²) in [5.74, 6) is -1.07. The van der Waals surface area contributed by atoms with E-state index >= 15 is 0 Å². The van der Waals surface area contributed by atoms with Crippen LogP contribution >= 0.6 is 0 Å². The van der Waals surface area contributed by atoms with Gasteiger partial charge in [0.15, 0.2) is 5.96 Å². The van der Waals surface area contributed by atoms with E-state index in [9.17, 15) is 13.2 Å². The van der Waals surface area contributed by atoms with E-state index in [0.29, 0.717) is 5.56 Å². The number of nitrogens with one attached hydrogen (secondary N) is 1. The van der Waals surface area contributed by atoms with Gasteiger partial charge in [-0.3, -0.25) is 4.79 Å². The van der Waals surface area contributed by atoms with Crippen LogP contribution in [0, 0.1) is 6.92 Å². The van der Waals surface area contributed by atoms with Gasteiger partial charge in [-0.1, -0.05) is 36.4 Å². The predicted octanol–water partition coefficient (Wildman–Crippen LogP) is 0.887. The maximum Gasteiger partial charge on any atom is 0.280 e. The fourth-order valence-electron chi connectivity index (χ4n) is 2.03. The number of hydrogen-bond donors (Lipinski definition) is 3. The van der Waals surface area contributed by atoms with Gasteiger partial charge in [-0.25, -0.2) is 13.1 Å². The Bertz CT molecular complexity index is 873. The average Bonchev–Trinajstić information content (AvgIpc) is 2.53. The molecule has 0 aromatic heterocycles. The quantitative estimate of drug-likeness (QED) is 0.547. The molecule has 5 N–H and O–H groups in total. The molecule has 0 radical (unpaired) electrons. The third-order valence-electron chi connectivity index (χ3n) is 3.29. The molecule has 0 bridgehead atoms. The van der Waals surface area contributed by atoms with Crippen LogP contribution in [0.15, 0.2) is 58.4 Å². The molecular weight excluding hydrogens is 328 g/mol. The fourth-order valence-corrected chi connectivity index (χ4v) is 3.08. The minimum absolute atomic E-state index is 0.0295. The summed E-state index contributed by atoms with van der Waals surface area (Å²) in [6.45, 7) is 1.82. The van der Waals surface area contributed by atoms with Crippen LogP contribution in [0.1, 0.15) is 21.5 Å². The number of nitrogens with zero attached hydrogens (tertiary/aromatic N) is 1. The first-order valence-electron chi connectivity index (χ1n) is 7.08. The second-order valence-corrected chi connectivity index (χ2v) is 6.90. The molecule has 1 amide bonds. The van der Waals surface area contributed by atoms with Gasteiger partial charge in [-0.05, 0) is 30.2 Å². The molecule has 0 saturated heterocycles. The summed E-state index contributed by atoms with van der Waals surface area (Å²) >= 11 is 0. The first-order chi connectivity index (χ1) is 11.3. The Morgan fingerprint density at radius 3 is 2.42 bits per heavy atom. The van der Waals surface area contributed by atoms with E-state index in [0.717, 1.165) is 5.56 Å². The number of hydrogen-bond acceptors (Lipinski definition) is 3. The van der Waals surface area contributed by atoms with Crippen molar-refractivity contribution in [2.75, 3.05) is 0 Å². The highest BCUT2D eigenvalue weighted by molar-refractivity contribution is 7.89. The predicted molar refractivity (Wildman–Crippen MR) is 91.8 cm³/mol.